The third-order valence-corrected chi connectivity index (χ3v) is 5.54. The second-order valence-electron chi connectivity index (χ2n) is 7.70. The Bertz CT molecular complexity index is 1580. The summed E-state index contributed by atoms with van der Waals surface area (Å²) in [7, 11) is 0. The fourth-order valence-corrected chi connectivity index (χ4v) is 3.96. The number of rotatable bonds is 5. The molecule has 0 aliphatic carbocycles. The minimum absolute atomic E-state index is 0.173. The molecule has 0 aliphatic heterocycles. The van der Waals surface area contributed by atoms with Crippen molar-refractivity contribution in [3.05, 3.63) is 123 Å². The Kier molecular flexibility index (Phi) is 5.14. The van der Waals surface area contributed by atoms with Gasteiger partial charge in [0.1, 0.15) is 17.3 Å². The molecule has 0 bridgehead atoms. The molecule has 1 N–H and O–H groups in total. The second kappa shape index (κ2) is 8.27. The van der Waals surface area contributed by atoms with Crippen molar-refractivity contribution in [2.24, 2.45) is 0 Å². The van der Waals surface area contributed by atoms with Crippen molar-refractivity contribution >= 4 is 10.9 Å². The summed E-state index contributed by atoms with van der Waals surface area (Å²) in [6.07, 6.45) is 0. The van der Waals surface area contributed by atoms with E-state index in [4.69, 9.17) is 4.74 Å². The molecular formula is C26H20FN3O3. The van der Waals surface area contributed by atoms with E-state index in [-0.39, 0.29) is 23.4 Å². The summed E-state index contributed by atoms with van der Waals surface area (Å²) in [4.78, 5) is 25.8. The number of aryl methyl sites for hydroxylation is 1. The fourth-order valence-electron chi connectivity index (χ4n) is 3.96. The van der Waals surface area contributed by atoms with Crippen molar-refractivity contribution in [1.82, 2.24) is 14.3 Å². The third-order valence-electron chi connectivity index (χ3n) is 5.54. The van der Waals surface area contributed by atoms with E-state index in [0.29, 0.717) is 28.1 Å². The van der Waals surface area contributed by atoms with E-state index in [1.54, 1.807) is 25.1 Å². The van der Waals surface area contributed by atoms with Crippen LogP contribution in [0.15, 0.2) is 94.5 Å². The molecule has 0 fully saturated rings. The van der Waals surface area contributed by atoms with Gasteiger partial charge < -0.3 is 9.30 Å². The van der Waals surface area contributed by atoms with Gasteiger partial charge in [-0.1, -0.05) is 42.5 Å². The van der Waals surface area contributed by atoms with Crippen LogP contribution >= 0.6 is 0 Å². The lowest BCUT2D eigenvalue weighted by Gasteiger charge is -2.13. The standard InChI is InChI=1S/C26H20FN3O3/c1-17-25-23(30(28-26(25)32)22-13-6-5-12-21(22)27)15-24(31)29(17)16-18-8-7-11-20(14-18)33-19-9-3-2-4-10-19/h2-15H,16H2,1H3,(H,28,32). The SMILES string of the molecule is Cc1c2c(=O)[nH]n(-c3ccccc3F)c2cc(=O)n1Cc1cccc(Oc2ccccc2)c1. The van der Waals surface area contributed by atoms with Gasteiger partial charge in [0.25, 0.3) is 11.1 Å². The van der Waals surface area contributed by atoms with Crippen molar-refractivity contribution in [2.75, 3.05) is 0 Å². The minimum atomic E-state index is -0.497. The number of pyridine rings is 1. The first-order valence-electron chi connectivity index (χ1n) is 10.4. The number of nitrogens with zero attached hydrogens (tertiary/aromatic N) is 2. The number of para-hydroxylation sites is 2. The smallest absolute Gasteiger partial charge is 0.274 e. The highest BCUT2D eigenvalue weighted by atomic mass is 19.1. The number of ether oxygens (including phenoxy) is 1. The molecule has 0 saturated carbocycles. The molecule has 0 radical (unpaired) electrons. The van der Waals surface area contributed by atoms with Crippen LogP contribution in [0.5, 0.6) is 11.5 Å². The first kappa shape index (κ1) is 20.5. The molecule has 7 heteroatoms. The molecule has 6 nitrogen and oxygen atoms in total. The Hall–Kier alpha value is -4.39. The molecule has 0 spiro atoms. The van der Waals surface area contributed by atoms with Crippen LogP contribution in [0.4, 0.5) is 4.39 Å². The molecule has 0 atom stereocenters. The summed E-state index contributed by atoms with van der Waals surface area (Å²) >= 11 is 0. The van der Waals surface area contributed by atoms with Crippen molar-refractivity contribution in [1.29, 1.82) is 0 Å². The Labute approximate surface area is 188 Å². The van der Waals surface area contributed by atoms with Crippen LogP contribution in [-0.4, -0.2) is 14.3 Å². The summed E-state index contributed by atoms with van der Waals surface area (Å²) in [6.45, 7) is 1.98. The number of fused-ring (bicyclic) bond motifs is 1. The van der Waals surface area contributed by atoms with E-state index in [0.717, 1.165) is 5.56 Å². The lowest BCUT2D eigenvalue weighted by molar-refractivity contribution is 0.481. The predicted octanol–water partition coefficient (Wildman–Crippen LogP) is 4.77. The van der Waals surface area contributed by atoms with Gasteiger partial charge in [0.2, 0.25) is 0 Å². The van der Waals surface area contributed by atoms with Gasteiger partial charge in [-0.05, 0) is 48.9 Å². The maximum absolute atomic E-state index is 14.3. The van der Waals surface area contributed by atoms with Gasteiger partial charge in [0, 0.05) is 11.8 Å². The summed E-state index contributed by atoms with van der Waals surface area (Å²) in [5, 5.41) is 3.00. The lowest BCUT2D eigenvalue weighted by Crippen LogP contribution is -2.23. The number of H-pyrrole nitrogens is 1. The van der Waals surface area contributed by atoms with Crippen LogP contribution in [0.1, 0.15) is 11.3 Å². The average Bonchev–Trinajstić information content (AvgIpc) is 3.13. The molecule has 164 valence electrons. The third kappa shape index (κ3) is 3.85. The quantitative estimate of drug-likeness (QED) is 0.427. The fraction of sp³-hybridized carbons (Fsp3) is 0.0769. The monoisotopic (exact) mass is 441 g/mol. The second-order valence-corrected chi connectivity index (χ2v) is 7.70. The molecule has 5 rings (SSSR count). The van der Waals surface area contributed by atoms with Crippen LogP contribution in [0, 0.1) is 12.7 Å². The summed E-state index contributed by atoms with van der Waals surface area (Å²) in [6, 6.07) is 24.3. The van der Waals surface area contributed by atoms with Crippen LogP contribution in [0.25, 0.3) is 16.6 Å². The van der Waals surface area contributed by atoms with E-state index < -0.39 is 5.82 Å². The van der Waals surface area contributed by atoms with Crippen molar-refractivity contribution in [2.45, 2.75) is 13.5 Å². The van der Waals surface area contributed by atoms with Crippen molar-refractivity contribution in [3.8, 4) is 17.2 Å². The number of hydrogen-bond acceptors (Lipinski definition) is 3. The molecule has 0 aliphatic rings. The van der Waals surface area contributed by atoms with Crippen LogP contribution < -0.4 is 15.9 Å². The average molecular weight is 441 g/mol. The zero-order valence-corrected chi connectivity index (χ0v) is 17.8. The molecule has 0 saturated heterocycles. The normalized spacial score (nSPS) is 11.1. The molecule has 2 aromatic heterocycles. The van der Waals surface area contributed by atoms with Crippen molar-refractivity contribution in [3.63, 3.8) is 0 Å². The van der Waals surface area contributed by atoms with Crippen LogP contribution in [0.2, 0.25) is 0 Å². The van der Waals surface area contributed by atoms with Gasteiger partial charge in [-0.15, -0.1) is 0 Å². The summed E-state index contributed by atoms with van der Waals surface area (Å²) in [5.74, 6) is 0.863. The Morgan fingerprint density at radius 3 is 2.39 bits per heavy atom. The molecule has 33 heavy (non-hydrogen) atoms. The maximum atomic E-state index is 14.3. The van der Waals surface area contributed by atoms with Gasteiger partial charge in [0.15, 0.2) is 0 Å². The first-order chi connectivity index (χ1) is 16.0. The van der Waals surface area contributed by atoms with E-state index in [9.17, 15) is 14.0 Å². The van der Waals surface area contributed by atoms with Gasteiger partial charge in [-0.25, -0.2) is 9.07 Å². The lowest BCUT2D eigenvalue weighted by atomic mass is 10.1. The van der Waals surface area contributed by atoms with Crippen LogP contribution in [-0.2, 0) is 6.54 Å². The number of aromatic amines is 1. The molecule has 0 amide bonds. The Morgan fingerprint density at radius 1 is 0.879 bits per heavy atom. The number of hydrogen-bond donors (Lipinski definition) is 1. The predicted molar refractivity (Wildman–Crippen MR) is 125 cm³/mol. The highest BCUT2D eigenvalue weighted by Gasteiger charge is 2.17. The highest BCUT2D eigenvalue weighted by molar-refractivity contribution is 5.82. The van der Waals surface area contributed by atoms with Gasteiger partial charge in [-0.2, -0.15) is 0 Å². The van der Waals surface area contributed by atoms with E-state index in [1.165, 1.54) is 21.4 Å². The van der Waals surface area contributed by atoms with Crippen molar-refractivity contribution < 1.29 is 9.13 Å². The number of benzene rings is 3. The van der Waals surface area contributed by atoms with E-state index >= 15 is 0 Å². The Morgan fingerprint density at radius 2 is 1.61 bits per heavy atom. The van der Waals surface area contributed by atoms with E-state index in [2.05, 4.69) is 5.10 Å². The molecule has 0 unspecified atom stereocenters. The summed E-state index contributed by atoms with van der Waals surface area (Å²) in [5.41, 5.74) is 1.18. The largest absolute Gasteiger partial charge is 0.457 e. The number of halogens is 1. The summed E-state index contributed by atoms with van der Waals surface area (Å²) < 4.78 is 23.1. The molecule has 3 aromatic carbocycles. The Balaban J connectivity index is 1.55. The van der Waals surface area contributed by atoms with Crippen LogP contribution in [0.3, 0.4) is 0 Å². The topological polar surface area (TPSA) is 69.0 Å². The highest BCUT2D eigenvalue weighted by Crippen LogP contribution is 2.23. The first-order valence-corrected chi connectivity index (χ1v) is 10.4. The molecule has 5 aromatic rings. The minimum Gasteiger partial charge on any atom is -0.457 e. The van der Waals surface area contributed by atoms with Gasteiger partial charge in [0.05, 0.1) is 23.1 Å². The molecule has 2 heterocycles. The zero-order chi connectivity index (χ0) is 22.9. The maximum Gasteiger partial charge on any atom is 0.274 e. The number of aromatic nitrogens is 3. The number of nitrogens with one attached hydrogen (secondary N) is 1. The zero-order valence-electron chi connectivity index (χ0n) is 17.8. The molecular weight excluding hydrogens is 421 g/mol. The van der Waals surface area contributed by atoms with Gasteiger partial charge in [-0.3, -0.25) is 14.7 Å². The van der Waals surface area contributed by atoms with Gasteiger partial charge >= 0.3 is 0 Å². The van der Waals surface area contributed by atoms with E-state index in [1.807, 2.05) is 54.6 Å².